The van der Waals surface area contributed by atoms with E-state index in [1.165, 1.54) is 43.0 Å². The Morgan fingerprint density at radius 3 is 3.07 bits per heavy atom. The summed E-state index contributed by atoms with van der Waals surface area (Å²) in [6, 6.07) is 0. The predicted octanol–water partition coefficient (Wildman–Crippen LogP) is 2.22. The molecule has 0 bridgehead atoms. The van der Waals surface area contributed by atoms with Crippen LogP contribution in [0.2, 0.25) is 0 Å². The summed E-state index contributed by atoms with van der Waals surface area (Å²) in [4.78, 5) is 4.71. The van der Waals surface area contributed by atoms with Gasteiger partial charge < -0.3 is 0 Å². The maximum absolute atomic E-state index is 4.71. The van der Waals surface area contributed by atoms with Crippen molar-refractivity contribution < 1.29 is 0 Å². The van der Waals surface area contributed by atoms with E-state index in [1.807, 2.05) is 0 Å². The molecule has 0 aromatic carbocycles. The fraction of sp³-hybridized carbons (Fsp3) is 0.818. The normalized spacial score (nSPS) is 26.3. The van der Waals surface area contributed by atoms with Crippen LogP contribution in [0.1, 0.15) is 43.3 Å². The largest absolute Gasteiger partial charge is 0.250 e. The molecule has 0 spiro atoms. The second-order valence-electron chi connectivity index (χ2n) is 4.48. The van der Waals surface area contributed by atoms with E-state index in [0.717, 1.165) is 18.8 Å². The quantitative estimate of drug-likeness (QED) is 0.731. The minimum atomic E-state index is 0.627. The summed E-state index contributed by atoms with van der Waals surface area (Å²) in [7, 11) is 0. The lowest BCUT2D eigenvalue weighted by Crippen LogP contribution is -2.12. The van der Waals surface area contributed by atoms with Gasteiger partial charge in [-0.3, -0.25) is 0 Å². The van der Waals surface area contributed by atoms with E-state index in [2.05, 4.69) is 21.5 Å². The molecule has 0 saturated carbocycles. The minimum Gasteiger partial charge on any atom is -0.250 e. The van der Waals surface area contributed by atoms with Gasteiger partial charge in [0.15, 0.2) is 5.82 Å². The van der Waals surface area contributed by atoms with Crippen LogP contribution in [-0.2, 0) is 13.0 Å². The van der Waals surface area contributed by atoms with Crippen LogP contribution in [0.4, 0.5) is 0 Å². The Morgan fingerprint density at radius 1 is 1.27 bits per heavy atom. The van der Waals surface area contributed by atoms with Gasteiger partial charge in [0, 0.05) is 24.6 Å². The average Bonchev–Trinajstić information content (AvgIpc) is 2.74. The Kier molecular flexibility index (Phi) is 2.69. The molecule has 1 aromatic rings. The van der Waals surface area contributed by atoms with Gasteiger partial charge >= 0.3 is 0 Å². The Bertz CT molecular complexity index is 318. The van der Waals surface area contributed by atoms with Gasteiger partial charge in [0.05, 0.1) is 0 Å². The van der Waals surface area contributed by atoms with Gasteiger partial charge in [-0.1, -0.05) is 0 Å². The number of nitrogens with zero attached hydrogens (tertiary/aromatic N) is 3. The molecule has 3 rings (SSSR count). The van der Waals surface area contributed by atoms with Gasteiger partial charge in [0.2, 0.25) is 0 Å². The molecule has 82 valence electrons. The molecule has 2 aliphatic heterocycles. The zero-order chi connectivity index (χ0) is 10.1. The van der Waals surface area contributed by atoms with Gasteiger partial charge in [-0.25, -0.2) is 9.67 Å². The number of aromatic nitrogens is 3. The highest BCUT2D eigenvalue weighted by atomic mass is 32.2. The van der Waals surface area contributed by atoms with E-state index in [4.69, 9.17) is 4.98 Å². The summed E-state index contributed by atoms with van der Waals surface area (Å²) >= 11 is 2.05. The lowest BCUT2D eigenvalue weighted by molar-refractivity contribution is 0.476. The number of hydrogen-bond acceptors (Lipinski definition) is 3. The molecule has 2 aliphatic rings. The number of aryl methyl sites for hydroxylation is 2. The zero-order valence-corrected chi connectivity index (χ0v) is 9.80. The fourth-order valence-corrected chi connectivity index (χ4v) is 3.56. The SMILES string of the molecule is C1CCn2nc(C3CCCSC3)nc2C1. The van der Waals surface area contributed by atoms with Crippen LogP contribution in [-0.4, -0.2) is 26.3 Å². The molecule has 1 saturated heterocycles. The van der Waals surface area contributed by atoms with E-state index in [9.17, 15) is 0 Å². The summed E-state index contributed by atoms with van der Waals surface area (Å²) in [6.45, 7) is 1.09. The maximum atomic E-state index is 4.71. The molecular formula is C11H17N3S. The summed E-state index contributed by atoms with van der Waals surface area (Å²) in [5, 5.41) is 4.67. The van der Waals surface area contributed by atoms with Crippen molar-refractivity contribution >= 4 is 11.8 Å². The van der Waals surface area contributed by atoms with Gasteiger partial charge in [-0.15, -0.1) is 0 Å². The molecule has 0 aliphatic carbocycles. The Morgan fingerprint density at radius 2 is 2.27 bits per heavy atom. The minimum absolute atomic E-state index is 0.627. The fourth-order valence-electron chi connectivity index (χ4n) is 2.42. The van der Waals surface area contributed by atoms with Gasteiger partial charge in [-0.2, -0.15) is 16.9 Å². The highest BCUT2D eigenvalue weighted by molar-refractivity contribution is 7.99. The van der Waals surface area contributed by atoms with Crippen molar-refractivity contribution in [3.63, 3.8) is 0 Å². The van der Waals surface area contributed by atoms with Crippen LogP contribution in [0, 0.1) is 0 Å². The average molecular weight is 223 g/mol. The van der Waals surface area contributed by atoms with E-state index in [0.29, 0.717) is 5.92 Å². The number of thioether (sulfide) groups is 1. The summed E-state index contributed by atoms with van der Waals surface area (Å²) in [5.74, 6) is 5.53. The number of fused-ring (bicyclic) bond motifs is 1. The molecule has 1 aromatic heterocycles. The topological polar surface area (TPSA) is 30.7 Å². The first kappa shape index (κ1) is 9.70. The van der Waals surface area contributed by atoms with Crippen LogP contribution in [0.15, 0.2) is 0 Å². The Balaban J connectivity index is 1.82. The second kappa shape index (κ2) is 4.16. The van der Waals surface area contributed by atoms with E-state index in [1.54, 1.807) is 0 Å². The van der Waals surface area contributed by atoms with Crippen LogP contribution in [0.5, 0.6) is 0 Å². The molecule has 1 unspecified atom stereocenters. The first-order valence-corrected chi connectivity index (χ1v) is 7.10. The van der Waals surface area contributed by atoms with E-state index >= 15 is 0 Å². The molecular weight excluding hydrogens is 206 g/mol. The first-order chi connectivity index (χ1) is 7.43. The molecule has 3 heterocycles. The molecule has 15 heavy (non-hydrogen) atoms. The second-order valence-corrected chi connectivity index (χ2v) is 5.63. The van der Waals surface area contributed by atoms with Crippen LogP contribution in [0.25, 0.3) is 0 Å². The van der Waals surface area contributed by atoms with Crippen molar-refractivity contribution in [3.8, 4) is 0 Å². The van der Waals surface area contributed by atoms with Crippen LogP contribution in [0.3, 0.4) is 0 Å². The summed E-state index contributed by atoms with van der Waals surface area (Å²) < 4.78 is 2.14. The van der Waals surface area contributed by atoms with E-state index in [-0.39, 0.29) is 0 Å². The van der Waals surface area contributed by atoms with E-state index < -0.39 is 0 Å². The molecule has 0 radical (unpaired) electrons. The van der Waals surface area contributed by atoms with Crippen molar-refractivity contribution in [2.45, 2.75) is 44.6 Å². The van der Waals surface area contributed by atoms with Crippen molar-refractivity contribution in [1.82, 2.24) is 14.8 Å². The van der Waals surface area contributed by atoms with Crippen molar-refractivity contribution in [2.24, 2.45) is 0 Å². The van der Waals surface area contributed by atoms with Crippen LogP contribution >= 0.6 is 11.8 Å². The molecule has 0 N–H and O–H groups in total. The number of rotatable bonds is 1. The number of hydrogen-bond donors (Lipinski definition) is 0. The monoisotopic (exact) mass is 223 g/mol. The maximum Gasteiger partial charge on any atom is 0.154 e. The highest BCUT2D eigenvalue weighted by Gasteiger charge is 2.22. The predicted molar refractivity (Wildman–Crippen MR) is 62.3 cm³/mol. The van der Waals surface area contributed by atoms with Crippen LogP contribution < -0.4 is 0 Å². The molecule has 1 atom stereocenters. The lowest BCUT2D eigenvalue weighted by atomic mass is 10.1. The summed E-state index contributed by atoms with van der Waals surface area (Å²) in [5.41, 5.74) is 0. The third-order valence-corrected chi connectivity index (χ3v) is 4.53. The van der Waals surface area contributed by atoms with Crippen molar-refractivity contribution in [3.05, 3.63) is 11.6 Å². The Hall–Kier alpha value is -0.510. The lowest BCUT2D eigenvalue weighted by Gasteiger charge is -2.17. The zero-order valence-electron chi connectivity index (χ0n) is 8.98. The first-order valence-electron chi connectivity index (χ1n) is 5.95. The van der Waals surface area contributed by atoms with Gasteiger partial charge in [0.1, 0.15) is 5.82 Å². The van der Waals surface area contributed by atoms with Crippen molar-refractivity contribution in [1.29, 1.82) is 0 Å². The molecule has 0 amide bonds. The van der Waals surface area contributed by atoms with Gasteiger partial charge in [-0.05, 0) is 31.4 Å². The highest BCUT2D eigenvalue weighted by Crippen LogP contribution is 2.29. The molecule has 3 nitrogen and oxygen atoms in total. The molecule has 1 fully saturated rings. The van der Waals surface area contributed by atoms with Gasteiger partial charge in [0.25, 0.3) is 0 Å². The molecule has 4 heteroatoms. The third kappa shape index (κ3) is 1.92. The standard InChI is InChI=1S/C11H17N3S/c1-2-6-14-10(5-1)12-11(13-14)9-4-3-7-15-8-9/h9H,1-8H2. The Labute approximate surface area is 94.7 Å². The smallest absolute Gasteiger partial charge is 0.154 e. The van der Waals surface area contributed by atoms with Crippen molar-refractivity contribution in [2.75, 3.05) is 11.5 Å². The third-order valence-electron chi connectivity index (χ3n) is 3.31. The summed E-state index contributed by atoms with van der Waals surface area (Å²) in [6.07, 6.45) is 6.31.